The van der Waals surface area contributed by atoms with Crippen LogP contribution in [0.5, 0.6) is 5.75 Å². The van der Waals surface area contributed by atoms with E-state index in [9.17, 15) is 9.90 Å². The highest BCUT2D eigenvalue weighted by molar-refractivity contribution is 5.97. The molecule has 1 aliphatic heterocycles. The number of carbonyl (C=O) groups excluding carboxylic acids is 1. The summed E-state index contributed by atoms with van der Waals surface area (Å²) < 4.78 is 0. The lowest BCUT2D eigenvalue weighted by Crippen LogP contribution is -2.39. The molecule has 0 saturated carbocycles. The second kappa shape index (κ2) is 7.68. The van der Waals surface area contributed by atoms with Gasteiger partial charge in [0.25, 0.3) is 5.91 Å². The Bertz CT molecular complexity index is 720. The number of phenolic OH excluding ortho intramolecular Hbond substituents is 1. The van der Waals surface area contributed by atoms with Crippen LogP contribution < -0.4 is 0 Å². The highest BCUT2D eigenvalue weighted by atomic mass is 16.3. The second-order valence-corrected chi connectivity index (χ2v) is 7.23. The third-order valence-corrected chi connectivity index (χ3v) is 5.07. The summed E-state index contributed by atoms with van der Waals surface area (Å²) in [5.41, 5.74) is 2.72. The van der Waals surface area contributed by atoms with Gasteiger partial charge in [0, 0.05) is 25.5 Å². The molecule has 1 aromatic carbocycles. The Morgan fingerprint density at radius 2 is 2.04 bits per heavy atom. The smallest absolute Gasteiger partial charge is 0.257 e. The Labute approximate surface area is 149 Å². The van der Waals surface area contributed by atoms with Crippen molar-refractivity contribution < 1.29 is 9.90 Å². The summed E-state index contributed by atoms with van der Waals surface area (Å²) in [6, 6.07) is 9.49. The maximum Gasteiger partial charge on any atom is 0.257 e. The largest absolute Gasteiger partial charge is 0.507 e. The highest BCUT2D eigenvalue weighted by Gasteiger charge is 2.25. The molecule has 25 heavy (non-hydrogen) atoms. The van der Waals surface area contributed by atoms with E-state index in [1.54, 1.807) is 18.3 Å². The maximum atomic E-state index is 12.7. The van der Waals surface area contributed by atoms with Crippen LogP contribution in [0.1, 0.15) is 54.1 Å². The van der Waals surface area contributed by atoms with Gasteiger partial charge in [-0.15, -0.1) is 0 Å². The zero-order valence-electron chi connectivity index (χ0n) is 15.0. The van der Waals surface area contributed by atoms with Gasteiger partial charge in [-0.2, -0.15) is 0 Å². The summed E-state index contributed by atoms with van der Waals surface area (Å²) in [6.07, 6.45) is 6.72. The zero-order chi connectivity index (χ0) is 17.8. The summed E-state index contributed by atoms with van der Waals surface area (Å²) in [4.78, 5) is 18.8. The number of nitrogens with zero attached hydrogens (tertiary/aromatic N) is 2. The topological polar surface area (TPSA) is 53.4 Å². The average Bonchev–Trinajstić information content (AvgIpc) is 2.62. The number of hydrogen-bond acceptors (Lipinski definition) is 3. The van der Waals surface area contributed by atoms with Gasteiger partial charge in [0.1, 0.15) is 5.75 Å². The number of pyridine rings is 1. The minimum absolute atomic E-state index is 0.0624. The van der Waals surface area contributed by atoms with Crippen LogP contribution in [0.15, 0.2) is 42.7 Å². The molecule has 0 radical (unpaired) electrons. The number of likely N-dealkylation sites (tertiary alicyclic amines) is 1. The molecule has 0 bridgehead atoms. The average molecular weight is 338 g/mol. The predicted molar refractivity (Wildman–Crippen MR) is 98.8 cm³/mol. The molecule has 1 fully saturated rings. The van der Waals surface area contributed by atoms with E-state index >= 15 is 0 Å². The maximum absolute atomic E-state index is 12.7. The third kappa shape index (κ3) is 4.19. The van der Waals surface area contributed by atoms with Gasteiger partial charge in [0.2, 0.25) is 0 Å². The van der Waals surface area contributed by atoms with Gasteiger partial charge < -0.3 is 10.0 Å². The van der Waals surface area contributed by atoms with Crippen LogP contribution >= 0.6 is 0 Å². The third-order valence-electron chi connectivity index (χ3n) is 5.07. The van der Waals surface area contributed by atoms with Crippen LogP contribution in [0, 0.1) is 5.92 Å². The van der Waals surface area contributed by atoms with Crippen LogP contribution in [0.2, 0.25) is 0 Å². The SMILES string of the molecule is CC(C)c1ccc(C(=O)N2CCC(Cc3cccnc3)CC2)c(O)c1. The molecule has 4 nitrogen and oxygen atoms in total. The molecule has 1 aliphatic rings. The van der Waals surface area contributed by atoms with Gasteiger partial charge in [-0.3, -0.25) is 9.78 Å². The quantitative estimate of drug-likeness (QED) is 0.916. The Morgan fingerprint density at radius 1 is 1.28 bits per heavy atom. The normalized spacial score (nSPS) is 15.6. The number of aromatic nitrogens is 1. The Morgan fingerprint density at radius 3 is 2.64 bits per heavy atom. The lowest BCUT2D eigenvalue weighted by Gasteiger charge is -2.32. The fraction of sp³-hybridized carbons (Fsp3) is 0.429. The molecule has 1 amide bonds. The molecule has 1 saturated heterocycles. The van der Waals surface area contributed by atoms with Crippen molar-refractivity contribution in [1.82, 2.24) is 9.88 Å². The number of rotatable bonds is 4. The monoisotopic (exact) mass is 338 g/mol. The van der Waals surface area contributed by atoms with Crippen molar-refractivity contribution >= 4 is 5.91 Å². The molecule has 0 aliphatic carbocycles. The number of amides is 1. The Kier molecular flexibility index (Phi) is 5.37. The molecule has 0 unspecified atom stereocenters. The van der Waals surface area contributed by atoms with Crippen LogP contribution in [0.4, 0.5) is 0 Å². The predicted octanol–water partition coefficient (Wildman–Crippen LogP) is 4.01. The molecule has 0 spiro atoms. The van der Waals surface area contributed by atoms with Crippen molar-refractivity contribution in [3.63, 3.8) is 0 Å². The number of phenols is 1. The molecular weight excluding hydrogens is 312 g/mol. The molecule has 2 aromatic rings. The highest BCUT2D eigenvalue weighted by Crippen LogP contribution is 2.27. The van der Waals surface area contributed by atoms with Crippen LogP contribution in [0.3, 0.4) is 0 Å². The molecular formula is C21H26N2O2. The first-order valence-corrected chi connectivity index (χ1v) is 9.05. The number of aromatic hydroxyl groups is 1. The number of carbonyl (C=O) groups is 1. The van der Waals surface area contributed by atoms with E-state index in [-0.39, 0.29) is 11.7 Å². The van der Waals surface area contributed by atoms with Crippen LogP contribution in [0.25, 0.3) is 0 Å². The van der Waals surface area contributed by atoms with Crippen molar-refractivity contribution in [3.8, 4) is 5.75 Å². The van der Waals surface area contributed by atoms with E-state index in [1.807, 2.05) is 23.2 Å². The molecule has 3 rings (SSSR count). The first-order valence-electron chi connectivity index (χ1n) is 9.05. The van der Waals surface area contributed by atoms with E-state index in [2.05, 4.69) is 24.9 Å². The molecule has 4 heteroatoms. The van der Waals surface area contributed by atoms with Crippen molar-refractivity contribution in [2.45, 2.75) is 39.0 Å². The van der Waals surface area contributed by atoms with Gasteiger partial charge in [-0.1, -0.05) is 26.0 Å². The molecule has 1 aromatic heterocycles. The van der Waals surface area contributed by atoms with Crippen molar-refractivity contribution in [2.24, 2.45) is 5.92 Å². The standard InChI is InChI=1S/C21H26N2O2/c1-15(2)18-5-6-19(20(24)13-18)21(25)23-10-7-16(8-11-23)12-17-4-3-9-22-14-17/h3-6,9,13-16,24H,7-8,10-12H2,1-2H3. The van der Waals surface area contributed by atoms with E-state index in [0.717, 1.165) is 37.9 Å². The zero-order valence-corrected chi connectivity index (χ0v) is 15.0. The lowest BCUT2D eigenvalue weighted by molar-refractivity contribution is 0.0687. The Balaban J connectivity index is 1.60. The molecule has 0 atom stereocenters. The van der Waals surface area contributed by atoms with Crippen LogP contribution in [-0.2, 0) is 6.42 Å². The fourth-order valence-corrected chi connectivity index (χ4v) is 3.45. The lowest BCUT2D eigenvalue weighted by atomic mass is 9.90. The number of benzene rings is 1. The van der Waals surface area contributed by atoms with Crippen molar-refractivity contribution in [1.29, 1.82) is 0 Å². The molecule has 1 N–H and O–H groups in total. The number of piperidine rings is 1. The Hall–Kier alpha value is -2.36. The fourth-order valence-electron chi connectivity index (χ4n) is 3.45. The first-order chi connectivity index (χ1) is 12.0. The van der Waals surface area contributed by atoms with Crippen LogP contribution in [-0.4, -0.2) is 34.0 Å². The summed E-state index contributed by atoms with van der Waals surface area (Å²) in [7, 11) is 0. The van der Waals surface area contributed by atoms with Gasteiger partial charge >= 0.3 is 0 Å². The van der Waals surface area contributed by atoms with E-state index < -0.39 is 0 Å². The van der Waals surface area contributed by atoms with Gasteiger partial charge in [0.15, 0.2) is 0 Å². The first kappa shape index (κ1) is 17.5. The van der Waals surface area contributed by atoms with E-state index in [1.165, 1.54) is 5.56 Å². The summed E-state index contributed by atoms with van der Waals surface area (Å²) >= 11 is 0. The molecule has 2 heterocycles. The minimum Gasteiger partial charge on any atom is -0.507 e. The second-order valence-electron chi connectivity index (χ2n) is 7.23. The van der Waals surface area contributed by atoms with E-state index in [4.69, 9.17) is 0 Å². The van der Waals surface area contributed by atoms with Crippen molar-refractivity contribution in [2.75, 3.05) is 13.1 Å². The summed E-state index contributed by atoms with van der Waals surface area (Å²) in [5.74, 6) is 0.949. The minimum atomic E-state index is -0.0624. The van der Waals surface area contributed by atoms with Crippen molar-refractivity contribution in [3.05, 3.63) is 59.4 Å². The van der Waals surface area contributed by atoms with E-state index in [0.29, 0.717) is 17.4 Å². The molecule has 132 valence electrons. The number of hydrogen-bond donors (Lipinski definition) is 1. The van der Waals surface area contributed by atoms with Gasteiger partial charge in [-0.05, 0) is 60.4 Å². The summed E-state index contributed by atoms with van der Waals surface area (Å²) in [6.45, 7) is 5.64. The summed E-state index contributed by atoms with van der Waals surface area (Å²) in [5, 5.41) is 10.2. The van der Waals surface area contributed by atoms with Gasteiger partial charge in [-0.25, -0.2) is 0 Å². The van der Waals surface area contributed by atoms with Gasteiger partial charge in [0.05, 0.1) is 5.56 Å².